The van der Waals surface area contributed by atoms with E-state index >= 15 is 0 Å². The Balaban J connectivity index is 2.40. The molecule has 1 N–H and O–H groups in total. The Kier molecular flexibility index (Phi) is 5.62. The summed E-state index contributed by atoms with van der Waals surface area (Å²) in [5.41, 5.74) is 0.434. The van der Waals surface area contributed by atoms with Gasteiger partial charge in [-0.3, -0.25) is 0 Å². The molecule has 0 aromatic rings. The smallest absolute Gasteiger partial charge is 0.0306 e. The van der Waals surface area contributed by atoms with Crippen molar-refractivity contribution in [3.8, 4) is 0 Å². The Morgan fingerprint density at radius 1 is 1.27 bits per heavy atom. The van der Waals surface area contributed by atoms with Crippen LogP contribution < -0.4 is 5.32 Å². The summed E-state index contributed by atoms with van der Waals surface area (Å²) in [6.07, 6.45) is 6.65. The van der Waals surface area contributed by atoms with E-state index in [4.69, 9.17) is 0 Å². The van der Waals surface area contributed by atoms with Gasteiger partial charge < -0.3 is 10.2 Å². The average molecular weight is 212 g/mol. The van der Waals surface area contributed by atoms with Gasteiger partial charge in [-0.2, -0.15) is 0 Å². The second-order valence-corrected chi connectivity index (χ2v) is 4.89. The van der Waals surface area contributed by atoms with Gasteiger partial charge in [0.05, 0.1) is 0 Å². The third kappa shape index (κ3) is 3.76. The Labute approximate surface area is 95.4 Å². The fraction of sp³-hybridized carbons (Fsp3) is 1.00. The Hall–Kier alpha value is -0.0800. The number of hydrogen-bond acceptors (Lipinski definition) is 2. The van der Waals surface area contributed by atoms with Crippen LogP contribution in [0.15, 0.2) is 0 Å². The third-order valence-electron chi connectivity index (χ3n) is 3.81. The summed E-state index contributed by atoms with van der Waals surface area (Å²) in [7, 11) is 0. The molecule has 1 saturated heterocycles. The molecular weight excluding hydrogens is 184 g/mol. The molecule has 0 spiro atoms. The lowest BCUT2D eigenvalue weighted by Crippen LogP contribution is -2.49. The summed E-state index contributed by atoms with van der Waals surface area (Å²) in [6.45, 7) is 11.8. The van der Waals surface area contributed by atoms with E-state index in [1.165, 1.54) is 58.3 Å². The molecule has 1 unspecified atom stereocenters. The number of likely N-dealkylation sites (N-methyl/N-ethyl adjacent to an activating group) is 1. The maximum absolute atomic E-state index is 3.72. The molecule has 1 atom stereocenters. The fourth-order valence-corrected chi connectivity index (χ4v) is 2.58. The quantitative estimate of drug-likeness (QED) is 0.698. The van der Waals surface area contributed by atoms with Gasteiger partial charge in [-0.05, 0) is 45.3 Å². The summed E-state index contributed by atoms with van der Waals surface area (Å²) in [4.78, 5) is 2.62. The van der Waals surface area contributed by atoms with Gasteiger partial charge in [0.2, 0.25) is 0 Å². The monoisotopic (exact) mass is 212 g/mol. The minimum Gasteiger partial charge on any atom is -0.310 e. The van der Waals surface area contributed by atoms with Crippen LogP contribution in [0.5, 0.6) is 0 Å². The van der Waals surface area contributed by atoms with Crippen LogP contribution in [0.25, 0.3) is 0 Å². The highest BCUT2D eigenvalue weighted by molar-refractivity contribution is 4.94. The van der Waals surface area contributed by atoms with Crippen LogP contribution in [0.2, 0.25) is 0 Å². The average Bonchev–Trinajstić information content (AvgIpc) is 2.73. The Morgan fingerprint density at radius 3 is 2.53 bits per heavy atom. The summed E-state index contributed by atoms with van der Waals surface area (Å²) >= 11 is 0. The number of hydrogen-bond donors (Lipinski definition) is 1. The summed E-state index contributed by atoms with van der Waals surface area (Å²) < 4.78 is 0. The van der Waals surface area contributed by atoms with Gasteiger partial charge in [-0.15, -0.1) is 0 Å². The van der Waals surface area contributed by atoms with Crippen LogP contribution in [0, 0.1) is 0 Å². The van der Waals surface area contributed by atoms with Gasteiger partial charge in [-0.25, -0.2) is 0 Å². The van der Waals surface area contributed by atoms with E-state index in [1.54, 1.807) is 0 Å². The second kappa shape index (κ2) is 6.49. The fourth-order valence-electron chi connectivity index (χ4n) is 2.58. The molecule has 90 valence electrons. The van der Waals surface area contributed by atoms with E-state index in [0.29, 0.717) is 5.54 Å². The van der Waals surface area contributed by atoms with E-state index in [2.05, 4.69) is 31.0 Å². The van der Waals surface area contributed by atoms with E-state index in [1.807, 2.05) is 0 Å². The Morgan fingerprint density at radius 2 is 2.07 bits per heavy atom. The molecule has 0 aromatic carbocycles. The van der Waals surface area contributed by atoms with Gasteiger partial charge in [-0.1, -0.05) is 27.2 Å². The van der Waals surface area contributed by atoms with E-state index in [9.17, 15) is 0 Å². The lowest BCUT2D eigenvalue weighted by molar-refractivity contribution is 0.193. The van der Waals surface area contributed by atoms with Gasteiger partial charge in [0.15, 0.2) is 0 Å². The van der Waals surface area contributed by atoms with E-state index in [-0.39, 0.29) is 0 Å². The van der Waals surface area contributed by atoms with Gasteiger partial charge in [0, 0.05) is 12.1 Å². The summed E-state index contributed by atoms with van der Waals surface area (Å²) in [5, 5.41) is 3.72. The van der Waals surface area contributed by atoms with Crippen molar-refractivity contribution in [3.63, 3.8) is 0 Å². The predicted octanol–water partition coefficient (Wildman–Crippen LogP) is 2.64. The molecule has 0 aliphatic carbocycles. The maximum Gasteiger partial charge on any atom is 0.0306 e. The van der Waals surface area contributed by atoms with Crippen molar-refractivity contribution in [2.45, 2.75) is 58.4 Å². The zero-order chi connectivity index (χ0) is 11.1. The van der Waals surface area contributed by atoms with Gasteiger partial charge in [0.1, 0.15) is 0 Å². The SMILES string of the molecule is CCCCN(CC)CC1(CC)CCCN1. The number of nitrogens with one attached hydrogen (secondary N) is 1. The topological polar surface area (TPSA) is 15.3 Å². The van der Waals surface area contributed by atoms with Crippen molar-refractivity contribution >= 4 is 0 Å². The molecule has 15 heavy (non-hydrogen) atoms. The first-order valence-corrected chi connectivity index (χ1v) is 6.73. The molecule has 2 heteroatoms. The molecular formula is C13H28N2. The maximum atomic E-state index is 3.72. The molecule has 1 heterocycles. The number of unbranched alkanes of at least 4 members (excludes halogenated alkanes) is 1. The molecule has 2 nitrogen and oxygen atoms in total. The van der Waals surface area contributed by atoms with Crippen LogP contribution in [-0.2, 0) is 0 Å². The van der Waals surface area contributed by atoms with E-state index < -0.39 is 0 Å². The molecule has 0 amide bonds. The molecule has 0 bridgehead atoms. The molecule has 0 radical (unpaired) electrons. The van der Waals surface area contributed by atoms with E-state index in [0.717, 1.165) is 0 Å². The van der Waals surface area contributed by atoms with Crippen molar-refractivity contribution in [1.82, 2.24) is 10.2 Å². The molecule has 0 saturated carbocycles. The minimum absolute atomic E-state index is 0.434. The summed E-state index contributed by atoms with van der Waals surface area (Å²) in [5.74, 6) is 0. The first kappa shape index (κ1) is 13.0. The largest absolute Gasteiger partial charge is 0.310 e. The molecule has 1 aliphatic rings. The minimum atomic E-state index is 0.434. The van der Waals surface area contributed by atoms with Crippen molar-refractivity contribution in [3.05, 3.63) is 0 Å². The van der Waals surface area contributed by atoms with Crippen molar-refractivity contribution < 1.29 is 0 Å². The number of rotatable bonds is 7. The van der Waals surface area contributed by atoms with Crippen LogP contribution in [0.1, 0.15) is 52.9 Å². The van der Waals surface area contributed by atoms with Crippen LogP contribution in [-0.4, -0.2) is 36.6 Å². The van der Waals surface area contributed by atoms with Crippen molar-refractivity contribution in [1.29, 1.82) is 0 Å². The zero-order valence-electron chi connectivity index (χ0n) is 10.8. The molecule has 1 rings (SSSR count). The highest BCUT2D eigenvalue weighted by atomic mass is 15.2. The van der Waals surface area contributed by atoms with Crippen LogP contribution >= 0.6 is 0 Å². The molecule has 1 aliphatic heterocycles. The number of nitrogens with zero attached hydrogens (tertiary/aromatic N) is 1. The summed E-state index contributed by atoms with van der Waals surface area (Å²) in [6, 6.07) is 0. The predicted molar refractivity (Wildman–Crippen MR) is 67.3 cm³/mol. The first-order valence-electron chi connectivity index (χ1n) is 6.73. The van der Waals surface area contributed by atoms with Crippen LogP contribution in [0.3, 0.4) is 0 Å². The highest BCUT2D eigenvalue weighted by Gasteiger charge is 2.32. The Bertz CT molecular complexity index is 162. The third-order valence-corrected chi connectivity index (χ3v) is 3.81. The standard InChI is InChI=1S/C13H28N2/c1-4-7-11-15(6-3)12-13(5-2)9-8-10-14-13/h14H,4-12H2,1-3H3. The van der Waals surface area contributed by atoms with Crippen molar-refractivity contribution in [2.24, 2.45) is 0 Å². The molecule has 1 fully saturated rings. The lowest BCUT2D eigenvalue weighted by Gasteiger charge is -2.34. The lowest BCUT2D eigenvalue weighted by atomic mass is 9.93. The van der Waals surface area contributed by atoms with Crippen LogP contribution in [0.4, 0.5) is 0 Å². The second-order valence-electron chi connectivity index (χ2n) is 4.89. The zero-order valence-corrected chi connectivity index (χ0v) is 10.8. The van der Waals surface area contributed by atoms with Crippen molar-refractivity contribution in [2.75, 3.05) is 26.2 Å². The normalized spacial score (nSPS) is 26.4. The van der Waals surface area contributed by atoms with Gasteiger partial charge >= 0.3 is 0 Å². The van der Waals surface area contributed by atoms with Gasteiger partial charge in [0.25, 0.3) is 0 Å². The first-order chi connectivity index (χ1) is 7.26. The highest BCUT2D eigenvalue weighted by Crippen LogP contribution is 2.24. The molecule has 0 aromatic heterocycles.